The van der Waals surface area contributed by atoms with E-state index in [2.05, 4.69) is 38.9 Å². The van der Waals surface area contributed by atoms with Gasteiger partial charge in [-0.15, -0.1) is 0 Å². The molecule has 12 heteroatoms. The first-order valence-corrected chi connectivity index (χ1v) is 19.3. The molecule has 0 unspecified atom stereocenters. The summed E-state index contributed by atoms with van der Waals surface area (Å²) in [5.41, 5.74) is 15.8. The fraction of sp³-hybridized carbons (Fsp3) is 0.250. The Balaban J connectivity index is 1.27. The lowest BCUT2D eigenvalue weighted by atomic mass is 10.0. The molecule has 4 amide bonds. The number of rotatable bonds is 19. The number of hydrogen-bond donors (Lipinski definition) is 7. The molecule has 0 saturated carbocycles. The molecule has 5 rings (SSSR count). The lowest BCUT2D eigenvalue weighted by Gasteiger charge is -2.25. The van der Waals surface area contributed by atoms with Gasteiger partial charge in [-0.2, -0.15) is 12.6 Å². The second-order valence-corrected chi connectivity index (χ2v) is 13.9. The van der Waals surface area contributed by atoms with Crippen LogP contribution in [0.25, 0.3) is 21.9 Å². The zero-order chi connectivity index (χ0) is 39.7. The minimum absolute atomic E-state index is 0.0126. The molecule has 0 aliphatic carbocycles. The molecule has 0 aliphatic heterocycles. The molecule has 0 spiro atoms. The number of benzene rings is 5. The molecule has 0 heterocycles. The Kier molecular flexibility index (Phi) is 15.4. The van der Waals surface area contributed by atoms with Crippen molar-refractivity contribution < 1.29 is 19.2 Å². The van der Waals surface area contributed by atoms with E-state index in [0.29, 0.717) is 19.4 Å². The van der Waals surface area contributed by atoms with Gasteiger partial charge < -0.3 is 32.7 Å². The standard InChI is InChI=1S/C44H49N7O4S/c45-44(46)48-24-9-16-37(50-43(55)39(29-56)49-40(52)28-31-17-20-35(21-18-31)33-12-5-2-6-13-33)42(54)51-38(41(53)47-25-23-30-10-3-1-4-11-30)27-32-19-22-34-14-7-8-15-36(34)26-32/h1-8,10-15,17-22,26,37-39,56H,9,16,23-25,27-29H2,(H,47,53)(H,49,52)(H,50,55)(H,51,54)(H4,45,46,48)/t37-,38+,39+/m1/s1. The highest BCUT2D eigenvalue weighted by Gasteiger charge is 2.29. The van der Waals surface area contributed by atoms with Crippen LogP contribution in [0, 0.1) is 0 Å². The van der Waals surface area contributed by atoms with Gasteiger partial charge in [-0.05, 0) is 57.9 Å². The normalized spacial score (nSPS) is 12.4. The quantitative estimate of drug-likeness (QED) is 0.0288. The molecule has 56 heavy (non-hydrogen) atoms. The molecule has 0 fully saturated rings. The van der Waals surface area contributed by atoms with Crippen molar-refractivity contribution in [2.75, 3.05) is 18.8 Å². The average molecular weight is 772 g/mol. The van der Waals surface area contributed by atoms with E-state index in [9.17, 15) is 19.2 Å². The molecule has 11 nitrogen and oxygen atoms in total. The number of nitrogens with zero attached hydrogens (tertiary/aromatic N) is 1. The number of aliphatic imine (C=N–C) groups is 1. The van der Waals surface area contributed by atoms with Crippen molar-refractivity contribution in [1.82, 2.24) is 21.3 Å². The van der Waals surface area contributed by atoms with Gasteiger partial charge in [-0.1, -0.05) is 127 Å². The van der Waals surface area contributed by atoms with Crippen LogP contribution in [-0.4, -0.2) is 66.6 Å². The Hall–Kier alpha value is -6.14. The van der Waals surface area contributed by atoms with Gasteiger partial charge in [0, 0.05) is 25.3 Å². The molecule has 0 radical (unpaired) electrons. The van der Waals surface area contributed by atoms with Crippen molar-refractivity contribution in [3.05, 3.63) is 144 Å². The van der Waals surface area contributed by atoms with E-state index in [-0.39, 0.29) is 49.3 Å². The van der Waals surface area contributed by atoms with Crippen LogP contribution >= 0.6 is 12.6 Å². The van der Waals surface area contributed by atoms with E-state index >= 15 is 0 Å². The first-order chi connectivity index (χ1) is 27.2. The summed E-state index contributed by atoms with van der Waals surface area (Å²) in [5.74, 6) is -1.98. The number of guanidine groups is 1. The van der Waals surface area contributed by atoms with Crippen LogP contribution in [0.15, 0.2) is 132 Å². The van der Waals surface area contributed by atoms with Gasteiger partial charge >= 0.3 is 0 Å². The van der Waals surface area contributed by atoms with E-state index in [1.807, 2.05) is 127 Å². The van der Waals surface area contributed by atoms with E-state index in [1.165, 1.54) is 0 Å². The molecule has 5 aromatic rings. The van der Waals surface area contributed by atoms with Crippen molar-refractivity contribution >= 4 is 53.0 Å². The summed E-state index contributed by atoms with van der Waals surface area (Å²) in [4.78, 5) is 58.5. The van der Waals surface area contributed by atoms with Crippen molar-refractivity contribution in [1.29, 1.82) is 0 Å². The van der Waals surface area contributed by atoms with Crippen LogP contribution < -0.4 is 32.7 Å². The molecule has 5 aromatic carbocycles. The maximum absolute atomic E-state index is 14.0. The van der Waals surface area contributed by atoms with E-state index in [0.717, 1.165) is 38.6 Å². The van der Waals surface area contributed by atoms with Crippen molar-refractivity contribution in [3.8, 4) is 11.1 Å². The molecule has 8 N–H and O–H groups in total. The predicted octanol–water partition coefficient (Wildman–Crippen LogP) is 4.09. The fourth-order valence-corrected chi connectivity index (χ4v) is 6.55. The third kappa shape index (κ3) is 12.7. The first-order valence-electron chi connectivity index (χ1n) is 18.7. The summed E-state index contributed by atoms with van der Waals surface area (Å²) in [7, 11) is 0. The molecule has 290 valence electrons. The molecule has 0 aliphatic rings. The number of carbonyl (C=O) groups is 4. The van der Waals surface area contributed by atoms with E-state index in [4.69, 9.17) is 11.5 Å². The largest absolute Gasteiger partial charge is 0.370 e. The van der Waals surface area contributed by atoms with Crippen molar-refractivity contribution in [2.24, 2.45) is 16.5 Å². The Morgan fingerprint density at radius 3 is 1.91 bits per heavy atom. The summed E-state index contributed by atoms with van der Waals surface area (Å²) < 4.78 is 0. The molecule has 0 saturated heterocycles. The van der Waals surface area contributed by atoms with Crippen molar-refractivity contribution in [3.63, 3.8) is 0 Å². The zero-order valence-electron chi connectivity index (χ0n) is 31.2. The Labute approximate surface area is 333 Å². The second-order valence-electron chi connectivity index (χ2n) is 13.5. The van der Waals surface area contributed by atoms with Crippen LogP contribution in [0.2, 0.25) is 0 Å². The van der Waals surface area contributed by atoms with Gasteiger partial charge in [0.05, 0.1) is 6.42 Å². The highest BCUT2D eigenvalue weighted by Crippen LogP contribution is 2.20. The van der Waals surface area contributed by atoms with Crippen LogP contribution in [-0.2, 0) is 38.4 Å². The number of fused-ring (bicyclic) bond motifs is 1. The average Bonchev–Trinajstić information content (AvgIpc) is 3.21. The SMILES string of the molecule is NC(N)=NCCC[C@@H](NC(=O)[C@H](CS)NC(=O)Cc1ccc(-c2ccccc2)cc1)C(=O)N[C@@H](Cc1ccc2ccccc2c1)C(=O)NCCc1ccccc1. The summed E-state index contributed by atoms with van der Waals surface area (Å²) in [6, 6.07) is 38.1. The monoisotopic (exact) mass is 771 g/mol. The molecule has 0 aromatic heterocycles. The minimum atomic E-state index is -1.07. The maximum atomic E-state index is 14.0. The highest BCUT2D eigenvalue weighted by atomic mass is 32.1. The third-order valence-electron chi connectivity index (χ3n) is 9.28. The third-order valence-corrected chi connectivity index (χ3v) is 9.65. The van der Waals surface area contributed by atoms with Crippen LogP contribution in [0.3, 0.4) is 0 Å². The topological polar surface area (TPSA) is 181 Å². The molecule has 3 atom stereocenters. The number of amides is 4. The summed E-state index contributed by atoms with van der Waals surface area (Å²) in [6.07, 6.45) is 1.39. The Bertz CT molecular complexity index is 2090. The van der Waals surface area contributed by atoms with Gasteiger partial charge in [-0.25, -0.2) is 0 Å². The van der Waals surface area contributed by atoms with Gasteiger partial charge in [-0.3, -0.25) is 24.2 Å². The van der Waals surface area contributed by atoms with E-state index < -0.39 is 29.9 Å². The van der Waals surface area contributed by atoms with Crippen LogP contribution in [0.5, 0.6) is 0 Å². The lowest BCUT2D eigenvalue weighted by molar-refractivity contribution is -0.133. The van der Waals surface area contributed by atoms with Gasteiger partial charge in [0.1, 0.15) is 18.1 Å². The molecule has 0 bridgehead atoms. The lowest BCUT2D eigenvalue weighted by Crippen LogP contribution is -2.57. The van der Waals surface area contributed by atoms with Gasteiger partial charge in [0.2, 0.25) is 23.6 Å². The van der Waals surface area contributed by atoms with E-state index in [1.54, 1.807) is 0 Å². The molecular weight excluding hydrogens is 723 g/mol. The second kappa shape index (κ2) is 21.1. The highest BCUT2D eigenvalue weighted by molar-refractivity contribution is 7.80. The van der Waals surface area contributed by atoms with Crippen molar-refractivity contribution in [2.45, 2.75) is 50.2 Å². The number of hydrogen-bond acceptors (Lipinski definition) is 6. The van der Waals surface area contributed by atoms with Gasteiger partial charge in [0.25, 0.3) is 0 Å². The number of nitrogens with one attached hydrogen (secondary N) is 4. The first kappa shape index (κ1) is 41.0. The van der Waals surface area contributed by atoms with Gasteiger partial charge in [0.15, 0.2) is 5.96 Å². The Morgan fingerprint density at radius 2 is 1.21 bits per heavy atom. The summed E-state index contributed by atoms with van der Waals surface area (Å²) >= 11 is 4.34. The summed E-state index contributed by atoms with van der Waals surface area (Å²) in [6.45, 7) is 0.588. The van der Waals surface area contributed by atoms with Crippen LogP contribution in [0.4, 0.5) is 0 Å². The number of thiol groups is 1. The smallest absolute Gasteiger partial charge is 0.244 e. The fourth-order valence-electron chi connectivity index (χ4n) is 6.30. The van der Waals surface area contributed by atoms with Crippen LogP contribution in [0.1, 0.15) is 29.5 Å². The summed E-state index contributed by atoms with van der Waals surface area (Å²) in [5, 5.41) is 13.5. The maximum Gasteiger partial charge on any atom is 0.244 e. The Morgan fingerprint density at radius 1 is 0.607 bits per heavy atom. The number of carbonyl (C=O) groups excluding carboxylic acids is 4. The minimum Gasteiger partial charge on any atom is -0.370 e. The molecular formula is C44H49N7O4S. The predicted molar refractivity (Wildman–Crippen MR) is 226 cm³/mol. The zero-order valence-corrected chi connectivity index (χ0v) is 32.1. The number of nitrogens with two attached hydrogens (primary N) is 2.